The summed E-state index contributed by atoms with van der Waals surface area (Å²) in [6.07, 6.45) is 3.96. The minimum absolute atomic E-state index is 0.0143. The molecule has 0 saturated heterocycles. The monoisotopic (exact) mass is 327 g/mol. The normalized spacial score (nSPS) is 12.7. The molecule has 3 N–H and O–H groups in total. The molecule has 2 aromatic carbocycles. The van der Waals surface area contributed by atoms with E-state index in [9.17, 15) is 15.0 Å². The summed E-state index contributed by atoms with van der Waals surface area (Å²) in [6, 6.07) is 10.6. The number of ether oxygens (including phenoxy) is 1. The number of hydrogen-bond acceptors (Lipinski definition) is 4. The zero-order chi connectivity index (χ0) is 16.9. The van der Waals surface area contributed by atoms with E-state index in [0.717, 1.165) is 24.2 Å². The molecule has 0 unspecified atom stereocenters. The maximum atomic E-state index is 11.8. The number of rotatable bonds is 6. The Hall–Kier alpha value is -2.69. The van der Waals surface area contributed by atoms with Gasteiger partial charge in [-0.25, -0.2) is 0 Å². The minimum atomic E-state index is -0.182. The molecule has 0 saturated carbocycles. The number of phenols is 2. The molecule has 3 rings (SSSR count). The van der Waals surface area contributed by atoms with Gasteiger partial charge in [-0.15, -0.1) is 0 Å². The van der Waals surface area contributed by atoms with Crippen LogP contribution in [0.15, 0.2) is 36.4 Å². The lowest BCUT2D eigenvalue weighted by Crippen LogP contribution is -2.30. The van der Waals surface area contributed by atoms with Gasteiger partial charge in [-0.3, -0.25) is 4.79 Å². The number of nitrogens with one attached hydrogen (secondary N) is 1. The molecule has 0 spiro atoms. The van der Waals surface area contributed by atoms with E-state index in [1.165, 1.54) is 29.7 Å². The van der Waals surface area contributed by atoms with Crippen LogP contribution in [-0.4, -0.2) is 29.3 Å². The molecule has 0 fully saturated rings. The lowest BCUT2D eigenvalue weighted by Gasteiger charge is -2.09. The smallest absolute Gasteiger partial charge is 0.257 e. The molecule has 0 atom stereocenters. The highest BCUT2D eigenvalue weighted by Crippen LogP contribution is 2.26. The Kier molecular flexibility index (Phi) is 4.89. The van der Waals surface area contributed by atoms with E-state index in [2.05, 4.69) is 11.4 Å². The third-order valence-corrected chi connectivity index (χ3v) is 4.22. The van der Waals surface area contributed by atoms with Crippen molar-refractivity contribution >= 4 is 5.91 Å². The van der Waals surface area contributed by atoms with E-state index in [1.807, 2.05) is 12.1 Å². The van der Waals surface area contributed by atoms with E-state index in [0.29, 0.717) is 13.0 Å². The molecule has 5 nitrogen and oxygen atoms in total. The number of carbonyl (C=O) groups is 1. The van der Waals surface area contributed by atoms with Crippen LogP contribution in [0.1, 0.15) is 23.1 Å². The standard InChI is InChI=1S/C19H21NO4/c21-17-7-4-13(10-18(17)22)8-9-20-19(23)12-24-16-6-5-14-2-1-3-15(14)11-16/h4-7,10-11,21-22H,1-3,8-9,12H2,(H,20,23). The molecule has 5 heteroatoms. The van der Waals surface area contributed by atoms with Crippen molar-refractivity contribution in [3.05, 3.63) is 53.1 Å². The second-order valence-corrected chi connectivity index (χ2v) is 6.00. The lowest BCUT2D eigenvalue weighted by atomic mass is 10.1. The van der Waals surface area contributed by atoms with Crippen molar-refractivity contribution in [2.24, 2.45) is 0 Å². The molecular formula is C19H21NO4. The van der Waals surface area contributed by atoms with Crippen LogP contribution in [-0.2, 0) is 24.1 Å². The fraction of sp³-hybridized carbons (Fsp3) is 0.316. The predicted molar refractivity (Wildman–Crippen MR) is 90.4 cm³/mol. The number of aromatic hydroxyl groups is 2. The summed E-state index contributed by atoms with van der Waals surface area (Å²) >= 11 is 0. The third kappa shape index (κ3) is 3.98. The van der Waals surface area contributed by atoms with Crippen LogP contribution in [0, 0.1) is 0 Å². The molecule has 2 aromatic rings. The average Bonchev–Trinajstić information content (AvgIpc) is 3.04. The Morgan fingerprint density at radius 2 is 1.88 bits per heavy atom. The Labute approximate surface area is 140 Å². The number of benzene rings is 2. The molecule has 1 aliphatic rings. The van der Waals surface area contributed by atoms with Gasteiger partial charge in [-0.2, -0.15) is 0 Å². The van der Waals surface area contributed by atoms with Gasteiger partial charge in [0.25, 0.3) is 5.91 Å². The quantitative estimate of drug-likeness (QED) is 0.712. The van der Waals surface area contributed by atoms with Gasteiger partial charge in [-0.05, 0) is 66.6 Å². The van der Waals surface area contributed by atoms with Gasteiger partial charge in [0.2, 0.25) is 0 Å². The summed E-state index contributed by atoms with van der Waals surface area (Å²) in [7, 11) is 0. The van der Waals surface area contributed by atoms with Crippen LogP contribution in [0.3, 0.4) is 0 Å². The van der Waals surface area contributed by atoms with Crippen LogP contribution in [0.5, 0.6) is 17.2 Å². The topological polar surface area (TPSA) is 78.8 Å². The van der Waals surface area contributed by atoms with Crippen LogP contribution in [0.25, 0.3) is 0 Å². The van der Waals surface area contributed by atoms with Crippen molar-refractivity contribution in [2.75, 3.05) is 13.2 Å². The fourth-order valence-electron chi connectivity index (χ4n) is 2.91. The number of amides is 1. The van der Waals surface area contributed by atoms with E-state index in [1.54, 1.807) is 6.07 Å². The predicted octanol–water partition coefficient (Wildman–Crippen LogP) is 2.32. The Morgan fingerprint density at radius 1 is 1.04 bits per heavy atom. The van der Waals surface area contributed by atoms with Crippen LogP contribution in [0.2, 0.25) is 0 Å². The van der Waals surface area contributed by atoms with Crippen molar-refractivity contribution in [1.82, 2.24) is 5.32 Å². The van der Waals surface area contributed by atoms with E-state index in [4.69, 9.17) is 4.74 Å². The van der Waals surface area contributed by atoms with Gasteiger partial charge in [-0.1, -0.05) is 12.1 Å². The minimum Gasteiger partial charge on any atom is -0.504 e. The molecular weight excluding hydrogens is 306 g/mol. The van der Waals surface area contributed by atoms with Gasteiger partial charge < -0.3 is 20.3 Å². The molecule has 1 amide bonds. The highest BCUT2D eigenvalue weighted by Gasteiger charge is 2.11. The van der Waals surface area contributed by atoms with Crippen LogP contribution < -0.4 is 10.1 Å². The summed E-state index contributed by atoms with van der Waals surface area (Å²) in [4.78, 5) is 11.8. The summed E-state index contributed by atoms with van der Waals surface area (Å²) in [5.74, 6) is 0.247. The first-order valence-corrected chi connectivity index (χ1v) is 8.14. The third-order valence-electron chi connectivity index (χ3n) is 4.22. The zero-order valence-electron chi connectivity index (χ0n) is 13.4. The van der Waals surface area contributed by atoms with E-state index < -0.39 is 0 Å². The Balaban J connectivity index is 1.42. The van der Waals surface area contributed by atoms with Gasteiger partial charge in [0.15, 0.2) is 18.1 Å². The molecule has 1 aliphatic carbocycles. The number of fused-ring (bicyclic) bond motifs is 1. The highest BCUT2D eigenvalue weighted by molar-refractivity contribution is 5.77. The maximum Gasteiger partial charge on any atom is 0.257 e. The molecule has 0 radical (unpaired) electrons. The summed E-state index contributed by atoms with van der Waals surface area (Å²) in [5.41, 5.74) is 3.54. The average molecular weight is 327 g/mol. The summed E-state index contributed by atoms with van der Waals surface area (Å²) in [6.45, 7) is 0.427. The fourth-order valence-corrected chi connectivity index (χ4v) is 2.91. The van der Waals surface area contributed by atoms with Crippen LogP contribution in [0.4, 0.5) is 0 Å². The van der Waals surface area contributed by atoms with Crippen LogP contribution >= 0.6 is 0 Å². The molecule has 0 aromatic heterocycles. The SMILES string of the molecule is O=C(COc1ccc2c(c1)CCC2)NCCc1ccc(O)c(O)c1. The van der Waals surface area contributed by atoms with Gasteiger partial charge >= 0.3 is 0 Å². The first kappa shape index (κ1) is 16.2. The molecule has 126 valence electrons. The highest BCUT2D eigenvalue weighted by atomic mass is 16.5. The second kappa shape index (κ2) is 7.25. The number of phenolic OH excluding ortho intramolecular Hbond substituents is 2. The lowest BCUT2D eigenvalue weighted by molar-refractivity contribution is -0.123. The van der Waals surface area contributed by atoms with Crippen molar-refractivity contribution in [3.8, 4) is 17.2 Å². The maximum absolute atomic E-state index is 11.8. The molecule has 0 bridgehead atoms. The Bertz CT molecular complexity index is 742. The summed E-state index contributed by atoms with van der Waals surface area (Å²) < 4.78 is 5.55. The summed E-state index contributed by atoms with van der Waals surface area (Å²) in [5, 5.41) is 21.5. The Morgan fingerprint density at radius 3 is 2.71 bits per heavy atom. The number of carbonyl (C=O) groups excluding carboxylic acids is 1. The van der Waals surface area contributed by atoms with Gasteiger partial charge in [0.05, 0.1) is 0 Å². The van der Waals surface area contributed by atoms with E-state index >= 15 is 0 Å². The van der Waals surface area contributed by atoms with Gasteiger partial charge in [0, 0.05) is 6.54 Å². The molecule has 0 heterocycles. The molecule has 24 heavy (non-hydrogen) atoms. The van der Waals surface area contributed by atoms with Crippen molar-refractivity contribution in [2.45, 2.75) is 25.7 Å². The van der Waals surface area contributed by atoms with Crippen molar-refractivity contribution < 1.29 is 19.7 Å². The second-order valence-electron chi connectivity index (χ2n) is 6.00. The first-order valence-electron chi connectivity index (χ1n) is 8.14. The first-order chi connectivity index (χ1) is 11.6. The number of aryl methyl sites for hydroxylation is 2. The largest absolute Gasteiger partial charge is 0.504 e. The zero-order valence-corrected chi connectivity index (χ0v) is 13.4. The molecule has 0 aliphatic heterocycles. The van der Waals surface area contributed by atoms with Crippen molar-refractivity contribution in [1.29, 1.82) is 0 Å². The van der Waals surface area contributed by atoms with E-state index in [-0.39, 0.29) is 24.0 Å². The van der Waals surface area contributed by atoms with Gasteiger partial charge in [0.1, 0.15) is 5.75 Å². The van der Waals surface area contributed by atoms with Crippen molar-refractivity contribution in [3.63, 3.8) is 0 Å². The number of hydrogen-bond donors (Lipinski definition) is 3.